The van der Waals surface area contributed by atoms with Crippen LogP contribution in [0.5, 0.6) is 11.5 Å². The van der Waals surface area contributed by atoms with Gasteiger partial charge in [0.1, 0.15) is 25.4 Å². The van der Waals surface area contributed by atoms with Crippen molar-refractivity contribution < 1.29 is 100.0 Å². The molecule has 1 aromatic rings. The molecule has 3 rings (SSSR count). The van der Waals surface area contributed by atoms with Gasteiger partial charge in [-0.15, -0.1) is 0 Å². The zero-order chi connectivity index (χ0) is 42.7. The van der Waals surface area contributed by atoms with Gasteiger partial charge in [0.05, 0.1) is 0 Å². The lowest BCUT2D eigenvalue weighted by atomic mass is 9.98. The molecule has 2 fully saturated rings. The number of benzene rings is 1. The van der Waals surface area contributed by atoms with Crippen molar-refractivity contribution in [3.63, 3.8) is 0 Å². The molecule has 0 aromatic heterocycles. The Morgan fingerprint density at radius 2 is 0.772 bits per heavy atom. The van der Waals surface area contributed by atoms with E-state index in [0.29, 0.717) is 0 Å². The molecule has 2 saturated heterocycles. The number of rotatable bonds is 15. The van der Waals surface area contributed by atoms with Crippen LogP contribution in [0.25, 0.3) is 0 Å². The molecule has 21 heteroatoms. The summed E-state index contributed by atoms with van der Waals surface area (Å²) in [5, 5.41) is 0. The standard InChI is InChI=1S/C36H44O21/c1-15(37)24-10-11-25(54-35-33(52-22(8)44)31(50-20(6)42)29(48-18(4)40)27(56-35)13-46-16(2)38)26(12-24)55-36-34(53-23(9)45)32(51-21(7)43)30(49-19(5)41)28(57-36)14-47-17(3)39/h10-12,27-36H,13-14H2,1-9H3/t27-,28-,29-,30-,31+,32+,33-,34-,35-,36-/m1/s1. The fourth-order valence-corrected chi connectivity index (χ4v) is 5.73. The van der Waals surface area contributed by atoms with Crippen molar-refractivity contribution in [1.29, 1.82) is 0 Å². The lowest BCUT2D eigenvalue weighted by molar-refractivity contribution is -0.292. The Labute approximate surface area is 325 Å². The maximum atomic E-state index is 12.6. The third-order valence-electron chi connectivity index (χ3n) is 7.73. The van der Waals surface area contributed by atoms with E-state index in [1.165, 1.54) is 25.1 Å². The molecule has 0 saturated carbocycles. The van der Waals surface area contributed by atoms with Crippen LogP contribution in [0.3, 0.4) is 0 Å². The summed E-state index contributed by atoms with van der Waals surface area (Å²) >= 11 is 0. The smallest absolute Gasteiger partial charge is 0.303 e. The molecule has 21 nitrogen and oxygen atoms in total. The first-order valence-corrected chi connectivity index (χ1v) is 17.3. The molecule has 0 spiro atoms. The van der Waals surface area contributed by atoms with Crippen molar-refractivity contribution in [2.45, 2.75) is 124 Å². The average Bonchev–Trinajstić information content (AvgIpc) is 3.07. The van der Waals surface area contributed by atoms with Gasteiger partial charge in [-0.3, -0.25) is 43.2 Å². The first-order valence-electron chi connectivity index (χ1n) is 17.3. The maximum Gasteiger partial charge on any atom is 0.303 e. The second-order valence-electron chi connectivity index (χ2n) is 12.6. The summed E-state index contributed by atoms with van der Waals surface area (Å²) < 4.78 is 67.3. The van der Waals surface area contributed by atoms with E-state index in [1.807, 2.05) is 0 Å². The lowest BCUT2D eigenvalue weighted by Gasteiger charge is -2.44. The predicted octanol–water partition coefficient (Wildman–Crippen LogP) is 0.813. The fraction of sp³-hybridized carbons (Fsp3) is 0.583. The Morgan fingerprint density at radius 3 is 1.11 bits per heavy atom. The summed E-state index contributed by atoms with van der Waals surface area (Å²) in [6.45, 7) is 8.44. The highest BCUT2D eigenvalue weighted by Gasteiger charge is 2.55. The minimum absolute atomic E-state index is 0.0320. The monoisotopic (exact) mass is 812 g/mol. The molecule has 314 valence electrons. The van der Waals surface area contributed by atoms with Crippen molar-refractivity contribution in [3.05, 3.63) is 23.8 Å². The summed E-state index contributed by atoms with van der Waals surface area (Å²) in [6.07, 6.45) is -16.1. The molecule has 2 aliphatic heterocycles. The van der Waals surface area contributed by atoms with E-state index in [9.17, 15) is 43.2 Å². The van der Waals surface area contributed by atoms with E-state index in [0.717, 1.165) is 55.4 Å². The number of Topliss-reactive ketones (excluding diaryl/α,β-unsaturated/α-hetero) is 1. The second kappa shape index (κ2) is 20.4. The highest BCUT2D eigenvalue weighted by Crippen LogP contribution is 2.38. The molecule has 0 radical (unpaired) electrons. The Bertz CT molecular complexity index is 1700. The van der Waals surface area contributed by atoms with Crippen LogP contribution in [0.15, 0.2) is 18.2 Å². The molecule has 0 aliphatic carbocycles. The normalized spacial score (nSPS) is 26.6. The van der Waals surface area contributed by atoms with E-state index >= 15 is 0 Å². The first-order chi connectivity index (χ1) is 26.7. The Hall–Kier alpha value is -5.83. The van der Waals surface area contributed by atoms with Crippen molar-refractivity contribution in [2.75, 3.05) is 13.2 Å². The first kappa shape index (κ1) is 45.6. The fourth-order valence-electron chi connectivity index (χ4n) is 5.73. The van der Waals surface area contributed by atoms with Gasteiger partial charge < -0.3 is 56.8 Å². The van der Waals surface area contributed by atoms with Crippen LogP contribution >= 0.6 is 0 Å². The molecule has 0 bridgehead atoms. The van der Waals surface area contributed by atoms with Gasteiger partial charge in [-0.1, -0.05) is 0 Å². The van der Waals surface area contributed by atoms with Gasteiger partial charge in [0.15, 0.2) is 41.7 Å². The molecular formula is C36H44O21. The maximum absolute atomic E-state index is 12.6. The molecule has 10 atom stereocenters. The molecule has 1 aromatic carbocycles. The Kier molecular flexibility index (Phi) is 16.3. The third-order valence-corrected chi connectivity index (χ3v) is 7.73. The van der Waals surface area contributed by atoms with Crippen LogP contribution in [0.4, 0.5) is 0 Å². The van der Waals surface area contributed by atoms with E-state index in [4.69, 9.17) is 56.8 Å². The lowest BCUT2D eigenvalue weighted by Crippen LogP contribution is -2.64. The van der Waals surface area contributed by atoms with Crippen LogP contribution in [-0.4, -0.2) is 128 Å². The molecule has 0 unspecified atom stereocenters. The topological polar surface area (TPSA) is 264 Å². The van der Waals surface area contributed by atoms with Crippen molar-refractivity contribution >= 4 is 53.5 Å². The number of hydrogen-bond donors (Lipinski definition) is 0. The molecule has 2 aliphatic rings. The van der Waals surface area contributed by atoms with Crippen LogP contribution < -0.4 is 9.47 Å². The van der Waals surface area contributed by atoms with Gasteiger partial charge in [-0.2, -0.15) is 0 Å². The summed E-state index contributed by atoms with van der Waals surface area (Å²) in [6, 6.07) is 3.71. The van der Waals surface area contributed by atoms with Gasteiger partial charge >= 0.3 is 47.8 Å². The van der Waals surface area contributed by atoms with Gasteiger partial charge in [0.2, 0.25) is 24.8 Å². The molecular weight excluding hydrogens is 768 g/mol. The van der Waals surface area contributed by atoms with E-state index in [2.05, 4.69) is 0 Å². The zero-order valence-electron chi connectivity index (χ0n) is 32.5. The molecule has 0 N–H and O–H groups in total. The number of esters is 8. The third kappa shape index (κ3) is 13.4. The molecule has 0 amide bonds. The largest absolute Gasteiger partial charge is 0.463 e. The van der Waals surface area contributed by atoms with Crippen molar-refractivity contribution in [3.8, 4) is 11.5 Å². The predicted molar refractivity (Wildman–Crippen MR) is 182 cm³/mol. The minimum atomic E-state index is -1.80. The summed E-state index contributed by atoms with van der Waals surface area (Å²) in [7, 11) is 0. The number of hydrogen-bond acceptors (Lipinski definition) is 21. The number of ether oxygens (including phenoxy) is 12. The molecule has 57 heavy (non-hydrogen) atoms. The van der Waals surface area contributed by atoms with Crippen LogP contribution in [0.2, 0.25) is 0 Å². The van der Waals surface area contributed by atoms with Crippen LogP contribution in [0.1, 0.15) is 72.7 Å². The van der Waals surface area contributed by atoms with Crippen LogP contribution in [0, 0.1) is 0 Å². The number of carbonyl (C=O) groups is 9. The van der Waals surface area contributed by atoms with E-state index in [1.54, 1.807) is 0 Å². The van der Waals surface area contributed by atoms with Crippen molar-refractivity contribution in [1.82, 2.24) is 0 Å². The summed E-state index contributed by atoms with van der Waals surface area (Å²) in [5.74, 6) is -8.05. The quantitative estimate of drug-likeness (QED) is 0.135. The molecule has 2 heterocycles. The van der Waals surface area contributed by atoms with E-state index < -0.39 is 128 Å². The average molecular weight is 813 g/mol. The van der Waals surface area contributed by atoms with Gasteiger partial charge in [0.25, 0.3) is 0 Å². The van der Waals surface area contributed by atoms with Gasteiger partial charge in [0, 0.05) is 61.0 Å². The summed E-state index contributed by atoms with van der Waals surface area (Å²) in [5.41, 5.74) is 0.0320. The Balaban J connectivity index is 2.20. The Morgan fingerprint density at radius 1 is 0.439 bits per heavy atom. The highest BCUT2D eigenvalue weighted by molar-refractivity contribution is 5.94. The zero-order valence-corrected chi connectivity index (χ0v) is 32.5. The minimum Gasteiger partial charge on any atom is -0.463 e. The van der Waals surface area contributed by atoms with E-state index in [-0.39, 0.29) is 17.1 Å². The van der Waals surface area contributed by atoms with Gasteiger partial charge in [-0.05, 0) is 25.1 Å². The number of ketones is 1. The second-order valence-corrected chi connectivity index (χ2v) is 12.6. The highest BCUT2D eigenvalue weighted by atomic mass is 16.8. The SMILES string of the molecule is CC(=O)OC[C@H]1O[C@@H](Oc2ccc(C(C)=O)cc2O[C@@H]2O[C@H](COC(C)=O)[C@@H](OC(C)=O)[C@H](OC(C)=O)[C@H]2OC(C)=O)[C@H](OC(C)=O)[C@@H](OC(C)=O)[C@@H]1OC(C)=O. The summed E-state index contributed by atoms with van der Waals surface area (Å²) in [4.78, 5) is 110. The van der Waals surface area contributed by atoms with Crippen molar-refractivity contribution in [2.24, 2.45) is 0 Å². The van der Waals surface area contributed by atoms with Gasteiger partial charge in [-0.25, -0.2) is 0 Å². The van der Waals surface area contributed by atoms with Crippen LogP contribution in [-0.2, 0) is 85.7 Å². The number of carbonyl (C=O) groups excluding carboxylic acids is 9.